The van der Waals surface area contributed by atoms with E-state index in [2.05, 4.69) is 55.6 Å². The van der Waals surface area contributed by atoms with Gasteiger partial charge in [-0.05, 0) is 16.5 Å². The van der Waals surface area contributed by atoms with Crippen molar-refractivity contribution in [3.8, 4) is 11.4 Å². The zero-order valence-electron chi connectivity index (χ0n) is 14.1. The molecule has 2 aromatic heterocycles. The maximum absolute atomic E-state index is 7.75. The molecule has 0 bridgehead atoms. The molecule has 0 unspecified atom stereocenters. The minimum absolute atomic E-state index is 0. The summed E-state index contributed by atoms with van der Waals surface area (Å²) in [6.45, 7) is 3.25. The maximum atomic E-state index is 7.75. The molecule has 0 N–H and O–H groups in total. The van der Waals surface area contributed by atoms with Crippen molar-refractivity contribution in [3.05, 3.63) is 91.5 Å². The first kappa shape index (κ1) is 18.8. The number of hydrogen-bond donors (Lipinski definition) is 0. The molecule has 4 nitrogen and oxygen atoms in total. The summed E-state index contributed by atoms with van der Waals surface area (Å²) in [6, 6.07) is 25.6. The van der Waals surface area contributed by atoms with E-state index in [1.165, 1.54) is 10.8 Å². The van der Waals surface area contributed by atoms with Crippen LogP contribution in [0.1, 0.15) is 0 Å². The fourth-order valence-electron chi connectivity index (χ4n) is 3.10. The number of nitrogens with zero attached hydrogens (tertiary/aromatic N) is 3. The van der Waals surface area contributed by atoms with Crippen LogP contribution in [-0.4, -0.2) is 11.4 Å². The second-order valence-corrected chi connectivity index (χ2v) is 5.69. The summed E-state index contributed by atoms with van der Waals surface area (Å²) in [5.74, 6) is 0. The van der Waals surface area contributed by atoms with Gasteiger partial charge in [-0.3, -0.25) is 6.79 Å². The van der Waals surface area contributed by atoms with Crippen molar-refractivity contribution in [2.75, 3.05) is 0 Å². The average molecular weight is 531 g/mol. The second-order valence-electron chi connectivity index (χ2n) is 5.69. The van der Waals surface area contributed by atoms with Crippen LogP contribution >= 0.6 is 0 Å². The van der Waals surface area contributed by atoms with E-state index in [-0.39, 0.29) is 21.1 Å². The SMILES string of the molecule is [CH-]=O.[Pt+4].[c-]1ccccc1-n1[c-][n+](-c2cccc3c2[n-]c2ccccc23)cc1. The molecular formula is C22H14N3OPt+. The van der Waals surface area contributed by atoms with E-state index >= 15 is 0 Å². The molecule has 3 aromatic carbocycles. The summed E-state index contributed by atoms with van der Waals surface area (Å²) < 4.78 is 3.91. The number of benzene rings is 3. The fourth-order valence-corrected chi connectivity index (χ4v) is 3.10. The van der Waals surface area contributed by atoms with Crippen LogP contribution in [0.2, 0.25) is 0 Å². The predicted molar refractivity (Wildman–Crippen MR) is 100 cm³/mol. The summed E-state index contributed by atoms with van der Waals surface area (Å²) >= 11 is 0. The van der Waals surface area contributed by atoms with Gasteiger partial charge in [0, 0.05) is 12.4 Å². The Bertz CT molecular complexity index is 1180. The predicted octanol–water partition coefficient (Wildman–Crippen LogP) is 3.34. The Balaban J connectivity index is 0.000000680. The largest absolute Gasteiger partial charge is 4.00 e. The third-order valence-corrected chi connectivity index (χ3v) is 4.23. The Kier molecular flexibility index (Phi) is 5.68. The number of hydrogen-bond acceptors (Lipinski definition) is 1. The van der Waals surface area contributed by atoms with Gasteiger partial charge < -0.3 is 18.9 Å². The number of para-hydroxylation sites is 3. The molecule has 2 heterocycles. The smallest absolute Gasteiger partial charge is 0.660 e. The Morgan fingerprint density at radius 1 is 0.926 bits per heavy atom. The van der Waals surface area contributed by atoms with Crippen LogP contribution in [0.25, 0.3) is 33.2 Å². The number of fused-ring (bicyclic) bond motifs is 3. The Labute approximate surface area is 171 Å². The van der Waals surface area contributed by atoms with E-state index in [4.69, 9.17) is 9.78 Å². The first-order valence-electron chi connectivity index (χ1n) is 8.08. The van der Waals surface area contributed by atoms with Crippen molar-refractivity contribution in [1.29, 1.82) is 0 Å². The van der Waals surface area contributed by atoms with Gasteiger partial charge in [-0.2, -0.15) is 30.3 Å². The van der Waals surface area contributed by atoms with Crippen LogP contribution in [0.4, 0.5) is 0 Å². The Morgan fingerprint density at radius 3 is 2.52 bits per heavy atom. The van der Waals surface area contributed by atoms with Crippen LogP contribution in [0.15, 0.2) is 79.1 Å². The zero-order chi connectivity index (χ0) is 17.9. The van der Waals surface area contributed by atoms with Crippen molar-refractivity contribution in [1.82, 2.24) is 9.55 Å². The van der Waals surface area contributed by atoms with Crippen LogP contribution in [0.3, 0.4) is 0 Å². The molecule has 0 radical (unpaired) electrons. The number of aromatic nitrogens is 3. The van der Waals surface area contributed by atoms with E-state index < -0.39 is 0 Å². The van der Waals surface area contributed by atoms with Crippen LogP contribution < -0.4 is 9.55 Å². The Morgan fingerprint density at radius 2 is 1.70 bits per heavy atom. The van der Waals surface area contributed by atoms with Crippen LogP contribution in [0.5, 0.6) is 0 Å². The standard InChI is InChI=1S/C21H13N3.CHO.Pt/c1-2-7-16(8-3-1)23-13-14-24(15-23)20-12-6-10-18-17-9-4-5-11-19(17)22-21(18)20;1-2;/h1-7,9-14H;1H;/q-2;-1;+4. The molecule has 132 valence electrons. The van der Waals surface area contributed by atoms with Gasteiger partial charge in [0.2, 0.25) is 0 Å². The summed E-state index contributed by atoms with van der Waals surface area (Å²) in [5.41, 5.74) is 4.01. The first-order chi connectivity index (χ1) is 12.9. The van der Waals surface area contributed by atoms with Crippen molar-refractivity contribution < 1.29 is 30.4 Å². The van der Waals surface area contributed by atoms with E-state index in [1.54, 1.807) is 0 Å². The Hall–Kier alpha value is -2.97. The van der Waals surface area contributed by atoms with Gasteiger partial charge in [0.05, 0.1) is 5.69 Å². The average Bonchev–Trinajstić information content (AvgIpc) is 3.35. The summed E-state index contributed by atoms with van der Waals surface area (Å²) in [4.78, 5) is 12.6. The van der Waals surface area contributed by atoms with Gasteiger partial charge in [-0.1, -0.05) is 42.5 Å². The van der Waals surface area contributed by atoms with Crippen molar-refractivity contribution >= 4 is 28.6 Å². The van der Waals surface area contributed by atoms with Crippen molar-refractivity contribution in [2.45, 2.75) is 0 Å². The molecule has 0 aliphatic rings. The van der Waals surface area contributed by atoms with Gasteiger partial charge in [0.25, 0.3) is 6.33 Å². The van der Waals surface area contributed by atoms with Crippen LogP contribution in [0, 0.1) is 12.4 Å². The topological polar surface area (TPSA) is 40.0 Å². The minimum Gasteiger partial charge on any atom is -0.660 e. The molecule has 5 rings (SSSR count). The summed E-state index contributed by atoms with van der Waals surface area (Å²) in [5, 5.41) is 2.36. The second kappa shape index (κ2) is 8.15. The van der Waals surface area contributed by atoms with E-state index in [0.29, 0.717) is 0 Å². The third kappa shape index (κ3) is 3.36. The molecule has 0 saturated heterocycles. The summed E-state index contributed by atoms with van der Waals surface area (Å²) in [6.07, 6.45) is 7.32. The van der Waals surface area contributed by atoms with Crippen LogP contribution in [-0.2, 0) is 25.9 Å². The number of rotatable bonds is 2. The number of carbonyl (C=O) groups excluding carboxylic acids is 1. The number of imidazole rings is 1. The van der Waals surface area contributed by atoms with Gasteiger partial charge in [-0.25, -0.2) is 0 Å². The normalized spacial score (nSPS) is 10.2. The zero-order valence-corrected chi connectivity index (χ0v) is 16.4. The molecule has 0 saturated carbocycles. The van der Waals surface area contributed by atoms with E-state index in [1.807, 2.05) is 51.9 Å². The molecule has 0 amide bonds. The molecule has 5 aromatic rings. The van der Waals surface area contributed by atoms with Gasteiger partial charge in [0.1, 0.15) is 0 Å². The van der Waals surface area contributed by atoms with Gasteiger partial charge >= 0.3 is 21.1 Å². The van der Waals surface area contributed by atoms with E-state index in [9.17, 15) is 0 Å². The van der Waals surface area contributed by atoms with Gasteiger partial charge in [-0.15, -0.1) is 11.0 Å². The molecule has 0 atom stereocenters. The minimum atomic E-state index is 0. The third-order valence-electron chi connectivity index (χ3n) is 4.23. The molecule has 0 fully saturated rings. The first-order valence-corrected chi connectivity index (χ1v) is 8.08. The fraction of sp³-hybridized carbons (Fsp3) is 0. The molecule has 0 spiro atoms. The van der Waals surface area contributed by atoms with Crippen molar-refractivity contribution in [2.24, 2.45) is 0 Å². The maximum Gasteiger partial charge on any atom is 4.00 e. The van der Waals surface area contributed by atoms with E-state index in [0.717, 1.165) is 22.4 Å². The van der Waals surface area contributed by atoms with Gasteiger partial charge in [0.15, 0.2) is 0 Å². The molecule has 5 heteroatoms. The molecule has 0 aliphatic heterocycles. The van der Waals surface area contributed by atoms with Crippen molar-refractivity contribution in [3.63, 3.8) is 0 Å². The quantitative estimate of drug-likeness (QED) is 0.199. The molecule has 27 heavy (non-hydrogen) atoms. The monoisotopic (exact) mass is 531 g/mol. The summed E-state index contributed by atoms with van der Waals surface area (Å²) in [7, 11) is 0. The molecular weight excluding hydrogens is 517 g/mol. The molecule has 0 aliphatic carbocycles.